The molecular weight excluding hydrogens is 320 g/mol. The van der Waals surface area contributed by atoms with E-state index >= 15 is 0 Å². The van der Waals surface area contributed by atoms with Gasteiger partial charge in [0, 0.05) is 28.9 Å². The van der Waals surface area contributed by atoms with Crippen LogP contribution in [0.4, 0.5) is 0 Å². The van der Waals surface area contributed by atoms with E-state index in [4.69, 9.17) is 0 Å². The molecule has 2 aromatic heterocycles. The fraction of sp³-hybridized carbons (Fsp3) is 0.0526. The maximum Gasteiger partial charge on any atom is 0.262 e. The molecule has 0 aliphatic carbocycles. The largest absolute Gasteiger partial charge is 0.354 e. The number of aromatic nitrogens is 1. The summed E-state index contributed by atoms with van der Waals surface area (Å²) in [7, 11) is 1.54. The number of hydrogen-bond donors (Lipinski definition) is 1. The van der Waals surface area contributed by atoms with Gasteiger partial charge in [0.05, 0.1) is 11.1 Å². The first-order valence-corrected chi connectivity index (χ1v) is 8.53. The molecule has 24 heavy (non-hydrogen) atoms. The molecule has 0 bridgehead atoms. The predicted octanol–water partition coefficient (Wildman–Crippen LogP) is 4.28. The number of benzene rings is 2. The summed E-state index contributed by atoms with van der Waals surface area (Å²) in [5.41, 5.74) is 4.65. The summed E-state index contributed by atoms with van der Waals surface area (Å²) in [5, 5.41) is 5.78. The molecule has 0 saturated carbocycles. The smallest absolute Gasteiger partial charge is 0.262 e. The summed E-state index contributed by atoms with van der Waals surface area (Å²) in [6.07, 6.45) is 0. The lowest BCUT2D eigenvalue weighted by Crippen LogP contribution is -2.24. The van der Waals surface area contributed by atoms with Crippen LogP contribution in [0.1, 0.15) is 20.7 Å². The van der Waals surface area contributed by atoms with E-state index < -0.39 is 0 Å². The Labute approximate surface area is 141 Å². The van der Waals surface area contributed by atoms with Gasteiger partial charge in [0.1, 0.15) is 0 Å². The first kappa shape index (κ1) is 13.5. The molecule has 5 rings (SSSR count). The van der Waals surface area contributed by atoms with Crippen LogP contribution < -0.4 is 0 Å². The highest BCUT2D eigenvalue weighted by Gasteiger charge is 2.38. The topological polar surface area (TPSA) is 53.2 Å². The Hall–Kier alpha value is -2.92. The van der Waals surface area contributed by atoms with Crippen LogP contribution in [-0.2, 0) is 0 Å². The maximum atomic E-state index is 12.8. The Morgan fingerprint density at radius 1 is 1.00 bits per heavy atom. The molecule has 1 aliphatic heterocycles. The van der Waals surface area contributed by atoms with Crippen LogP contribution in [0.15, 0.2) is 47.2 Å². The van der Waals surface area contributed by atoms with Crippen molar-refractivity contribution in [3.63, 3.8) is 0 Å². The van der Waals surface area contributed by atoms with Crippen molar-refractivity contribution in [2.75, 3.05) is 7.05 Å². The summed E-state index contributed by atoms with van der Waals surface area (Å²) in [4.78, 5) is 30.1. The average molecular weight is 332 g/mol. The highest BCUT2D eigenvalue weighted by atomic mass is 32.1. The number of imide groups is 1. The number of aromatic amines is 1. The summed E-state index contributed by atoms with van der Waals surface area (Å²) in [5.74, 6) is -0.467. The molecule has 0 radical (unpaired) electrons. The first-order chi connectivity index (χ1) is 11.7. The van der Waals surface area contributed by atoms with Gasteiger partial charge in [-0.1, -0.05) is 18.2 Å². The van der Waals surface area contributed by atoms with Crippen LogP contribution in [0.5, 0.6) is 0 Å². The van der Waals surface area contributed by atoms with E-state index in [9.17, 15) is 9.59 Å². The number of thiophene rings is 1. The highest BCUT2D eigenvalue weighted by Crippen LogP contribution is 2.40. The third-order valence-electron chi connectivity index (χ3n) is 4.66. The zero-order chi connectivity index (χ0) is 16.4. The van der Waals surface area contributed by atoms with Crippen molar-refractivity contribution in [2.45, 2.75) is 0 Å². The molecule has 2 amide bonds. The molecule has 0 saturated heterocycles. The van der Waals surface area contributed by atoms with Gasteiger partial charge in [-0.2, -0.15) is 11.3 Å². The summed E-state index contributed by atoms with van der Waals surface area (Å²) in [6.45, 7) is 0. The van der Waals surface area contributed by atoms with Crippen LogP contribution in [0.25, 0.3) is 32.9 Å². The Morgan fingerprint density at radius 2 is 1.79 bits per heavy atom. The normalized spacial score (nSPS) is 14.1. The summed E-state index contributed by atoms with van der Waals surface area (Å²) in [6, 6.07) is 11.8. The van der Waals surface area contributed by atoms with Gasteiger partial charge < -0.3 is 4.98 Å². The fourth-order valence-corrected chi connectivity index (χ4v) is 4.18. The van der Waals surface area contributed by atoms with E-state index in [0.717, 1.165) is 32.9 Å². The number of nitrogens with zero attached hydrogens (tertiary/aromatic N) is 1. The minimum atomic E-state index is -0.234. The molecule has 0 unspecified atom stereocenters. The van der Waals surface area contributed by atoms with Gasteiger partial charge in [-0.3, -0.25) is 14.5 Å². The number of nitrogens with one attached hydrogen (secondary N) is 1. The quantitative estimate of drug-likeness (QED) is 0.529. The number of carbonyl (C=O) groups excluding carboxylic acids is 2. The monoisotopic (exact) mass is 332 g/mol. The minimum Gasteiger partial charge on any atom is -0.354 e. The third-order valence-corrected chi connectivity index (χ3v) is 5.35. The second-order valence-corrected chi connectivity index (χ2v) is 6.73. The summed E-state index contributed by atoms with van der Waals surface area (Å²) < 4.78 is 0. The number of para-hydroxylation sites is 1. The van der Waals surface area contributed by atoms with Gasteiger partial charge in [-0.05, 0) is 40.1 Å². The first-order valence-electron chi connectivity index (χ1n) is 7.59. The molecule has 0 spiro atoms. The van der Waals surface area contributed by atoms with Crippen LogP contribution in [-0.4, -0.2) is 28.7 Å². The Kier molecular flexibility index (Phi) is 2.56. The standard InChI is InChI=1S/C19H12N2O2S/c1-21-18(22)16-12(10-6-7-24-9-10)8-14-15(17(16)19(21)23)11-4-2-3-5-13(11)20-14/h2-9,20H,1H3. The number of hydrogen-bond acceptors (Lipinski definition) is 3. The Morgan fingerprint density at radius 3 is 2.58 bits per heavy atom. The van der Waals surface area contributed by atoms with Crippen molar-refractivity contribution in [2.24, 2.45) is 0 Å². The summed E-state index contributed by atoms with van der Waals surface area (Å²) >= 11 is 1.57. The lowest BCUT2D eigenvalue weighted by molar-refractivity contribution is 0.0694. The van der Waals surface area contributed by atoms with Gasteiger partial charge in [0.25, 0.3) is 11.8 Å². The molecule has 0 atom stereocenters. The highest BCUT2D eigenvalue weighted by molar-refractivity contribution is 7.08. The lowest BCUT2D eigenvalue weighted by atomic mass is 9.94. The minimum absolute atomic E-state index is 0.233. The molecular formula is C19H12N2O2S. The number of carbonyl (C=O) groups is 2. The number of amides is 2. The molecule has 4 nitrogen and oxygen atoms in total. The van der Waals surface area contributed by atoms with E-state index in [1.807, 2.05) is 47.2 Å². The zero-order valence-corrected chi connectivity index (χ0v) is 13.6. The van der Waals surface area contributed by atoms with Crippen molar-refractivity contribution in [1.82, 2.24) is 9.88 Å². The van der Waals surface area contributed by atoms with Gasteiger partial charge in [0.2, 0.25) is 0 Å². The van der Waals surface area contributed by atoms with E-state index in [1.165, 1.54) is 4.90 Å². The molecule has 0 fully saturated rings. The zero-order valence-electron chi connectivity index (χ0n) is 12.8. The third kappa shape index (κ3) is 1.57. The second kappa shape index (κ2) is 4.55. The van der Waals surface area contributed by atoms with Crippen LogP contribution in [0.3, 0.4) is 0 Å². The molecule has 1 N–H and O–H groups in total. The number of rotatable bonds is 1. The Bertz CT molecular complexity index is 1160. The molecule has 3 heterocycles. The Balaban J connectivity index is 2.02. The average Bonchev–Trinajstić information content (AvgIpc) is 3.29. The molecule has 2 aromatic carbocycles. The molecule has 4 aromatic rings. The van der Waals surface area contributed by atoms with Crippen molar-refractivity contribution in [3.05, 3.63) is 58.3 Å². The van der Waals surface area contributed by atoms with E-state index in [2.05, 4.69) is 4.98 Å². The lowest BCUT2D eigenvalue weighted by Gasteiger charge is -2.06. The second-order valence-electron chi connectivity index (χ2n) is 5.95. The molecule has 5 heteroatoms. The fourth-order valence-electron chi connectivity index (χ4n) is 3.53. The van der Waals surface area contributed by atoms with Gasteiger partial charge in [-0.25, -0.2) is 0 Å². The van der Waals surface area contributed by atoms with Crippen molar-refractivity contribution in [3.8, 4) is 11.1 Å². The number of fused-ring (bicyclic) bond motifs is 5. The molecule has 1 aliphatic rings. The van der Waals surface area contributed by atoms with E-state index in [-0.39, 0.29) is 11.8 Å². The van der Waals surface area contributed by atoms with E-state index in [1.54, 1.807) is 18.4 Å². The van der Waals surface area contributed by atoms with Gasteiger partial charge in [0.15, 0.2) is 0 Å². The van der Waals surface area contributed by atoms with Gasteiger partial charge >= 0.3 is 0 Å². The van der Waals surface area contributed by atoms with Crippen LogP contribution in [0.2, 0.25) is 0 Å². The van der Waals surface area contributed by atoms with Crippen molar-refractivity contribution < 1.29 is 9.59 Å². The van der Waals surface area contributed by atoms with Crippen molar-refractivity contribution in [1.29, 1.82) is 0 Å². The number of H-pyrrole nitrogens is 1. The van der Waals surface area contributed by atoms with Crippen LogP contribution in [0, 0.1) is 0 Å². The molecule has 116 valence electrons. The van der Waals surface area contributed by atoms with Crippen LogP contribution >= 0.6 is 11.3 Å². The SMILES string of the molecule is CN1C(=O)c2c(-c3ccsc3)cc3[nH]c4ccccc4c3c2C1=O. The van der Waals surface area contributed by atoms with Gasteiger partial charge in [-0.15, -0.1) is 0 Å². The van der Waals surface area contributed by atoms with Crippen molar-refractivity contribution >= 4 is 45.0 Å². The maximum absolute atomic E-state index is 12.8. The van der Waals surface area contributed by atoms with E-state index in [0.29, 0.717) is 11.1 Å². The predicted molar refractivity (Wildman–Crippen MR) is 95.5 cm³/mol.